The molecule has 35 heavy (non-hydrogen) atoms. The first-order valence-corrected chi connectivity index (χ1v) is 12.5. The van der Waals surface area contributed by atoms with Crippen molar-refractivity contribution in [2.24, 2.45) is 23.7 Å². The summed E-state index contributed by atoms with van der Waals surface area (Å²) in [6.07, 6.45) is 0.390. The van der Waals surface area contributed by atoms with Crippen molar-refractivity contribution in [2.75, 3.05) is 19.7 Å². The second-order valence-corrected chi connectivity index (χ2v) is 10.3. The van der Waals surface area contributed by atoms with Gasteiger partial charge in [0.25, 0.3) is 0 Å². The fourth-order valence-electron chi connectivity index (χ4n) is 5.89. The summed E-state index contributed by atoms with van der Waals surface area (Å²) in [5, 5.41) is 12.2. The molecule has 2 N–H and O–H groups in total. The number of hydrogen-bond donors (Lipinski definition) is 2. The van der Waals surface area contributed by atoms with Gasteiger partial charge < -0.3 is 20.1 Å². The zero-order valence-corrected chi connectivity index (χ0v) is 20.1. The summed E-state index contributed by atoms with van der Waals surface area (Å²) in [6.45, 7) is 5.24. The third-order valence-electron chi connectivity index (χ3n) is 7.98. The Bertz CT molecular complexity index is 1100. The first kappa shape index (κ1) is 23.4. The number of benzene rings is 2. The van der Waals surface area contributed by atoms with E-state index in [1.165, 1.54) is 11.1 Å². The van der Waals surface area contributed by atoms with E-state index in [2.05, 4.69) is 29.6 Å². The Morgan fingerprint density at radius 3 is 2.26 bits per heavy atom. The Balaban J connectivity index is 1.17. The zero-order valence-electron chi connectivity index (χ0n) is 20.1. The molecule has 3 aliphatic rings. The Kier molecular flexibility index (Phi) is 6.26. The number of piperidine rings is 1. The Hall–Kier alpha value is -3.35. The molecule has 4 atom stereocenters. The van der Waals surface area contributed by atoms with Gasteiger partial charge in [-0.3, -0.25) is 9.59 Å². The van der Waals surface area contributed by atoms with Crippen LogP contribution in [0.3, 0.4) is 0 Å². The van der Waals surface area contributed by atoms with Gasteiger partial charge in [0.1, 0.15) is 6.61 Å². The molecule has 2 aliphatic carbocycles. The molecule has 1 unspecified atom stereocenters. The van der Waals surface area contributed by atoms with E-state index in [0.717, 1.165) is 17.5 Å². The third-order valence-corrected chi connectivity index (χ3v) is 7.98. The average molecular weight is 477 g/mol. The Morgan fingerprint density at radius 2 is 1.66 bits per heavy atom. The Labute approximate surface area is 205 Å². The van der Waals surface area contributed by atoms with E-state index in [1.54, 1.807) is 4.90 Å². The number of likely N-dealkylation sites (tertiary alicyclic amines) is 1. The smallest absolute Gasteiger partial charge is 0.407 e. The minimum atomic E-state index is -0.758. The van der Waals surface area contributed by atoms with Crippen LogP contribution < -0.4 is 5.32 Å². The number of amides is 2. The van der Waals surface area contributed by atoms with E-state index in [9.17, 15) is 19.5 Å². The molecular formula is C28H32N2O5. The largest absolute Gasteiger partial charge is 0.481 e. The number of nitrogens with zero attached hydrogens (tertiary/aromatic N) is 1. The van der Waals surface area contributed by atoms with Crippen LogP contribution in [0.5, 0.6) is 0 Å². The van der Waals surface area contributed by atoms with Crippen LogP contribution in [0, 0.1) is 23.7 Å². The van der Waals surface area contributed by atoms with Crippen LogP contribution in [0.1, 0.15) is 43.7 Å². The van der Waals surface area contributed by atoms with Crippen molar-refractivity contribution in [3.63, 3.8) is 0 Å². The van der Waals surface area contributed by atoms with E-state index in [0.29, 0.717) is 13.1 Å². The molecule has 5 rings (SSSR count). The minimum absolute atomic E-state index is 0.0192. The standard InChI is InChI=1S/C28H32N2O5/c1-16(2)24(13-25(31)30-12-11-21-22(14-30)26(21)27(32)33)29-28(34)35-15-23-19-9-5-3-7-17(19)18-8-4-6-10-20(18)23/h3-10,16,21-24,26H,11-15H2,1-2H3,(H,29,34)(H,32,33)/t21-,22+,24-,26?/m0/s1. The fraction of sp³-hybridized carbons (Fsp3) is 0.464. The summed E-state index contributed by atoms with van der Waals surface area (Å²) in [5.41, 5.74) is 4.65. The van der Waals surface area contributed by atoms with Crippen molar-refractivity contribution in [1.29, 1.82) is 0 Å². The molecule has 7 nitrogen and oxygen atoms in total. The van der Waals surface area contributed by atoms with Crippen molar-refractivity contribution in [3.8, 4) is 11.1 Å². The molecule has 0 spiro atoms. The van der Waals surface area contributed by atoms with Gasteiger partial charge in [-0.15, -0.1) is 0 Å². The first-order chi connectivity index (χ1) is 16.8. The quantitative estimate of drug-likeness (QED) is 0.627. The lowest BCUT2D eigenvalue weighted by atomic mass is 9.98. The highest BCUT2D eigenvalue weighted by Crippen LogP contribution is 2.51. The van der Waals surface area contributed by atoms with Crippen LogP contribution in [0.4, 0.5) is 4.79 Å². The van der Waals surface area contributed by atoms with Crippen LogP contribution in [0.2, 0.25) is 0 Å². The molecule has 184 valence electrons. The summed E-state index contributed by atoms with van der Waals surface area (Å²) in [4.78, 5) is 38.8. The summed E-state index contributed by atoms with van der Waals surface area (Å²) in [5.74, 6) is -0.816. The number of carbonyl (C=O) groups is 3. The molecule has 2 aromatic carbocycles. The molecule has 2 amide bonds. The number of aliphatic carboxylic acids is 1. The lowest BCUT2D eigenvalue weighted by Gasteiger charge is -2.29. The van der Waals surface area contributed by atoms with Crippen LogP contribution in [-0.4, -0.2) is 53.7 Å². The molecule has 7 heteroatoms. The van der Waals surface area contributed by atoms with Crippen molar-refractivity contribution in [3.05, 3.63) is 59.7 Å². The predicted octanol–water partition coefficient (Wildman–Crippen LogP) is 4.12. The molecule has 1 heterocycles. The highest BCUT2D eigenvalue weighted by molar-refractivity contribution is 5.80. The molecule has 0 bridgehead atoms. The minimum Gasteiger partial charge on any atom is -0.481 e. The van der Waals surface area contributed by atoms with E-state index in [4.69, 9.17) is 4.74 Å². The number of carboxylic acids is 1. The summed E-state index contributed by atoms with van der Waals surface area (Å²) < 4.78 is 5.67. The van der Waals surface area contributed by atoms with Gasteiger partial charge in [-0.05, 0) is 46.4 Å². The normalized spacial score (nSPS) is 23.2. The van der Waals surface area contributed by atoms with Gasteiger partial charge in [0.15, 0.2) is 0 Å². The van der Waals surface area contributed by atoms with Crippen molar-refractivity contribution < 1.29 is 24.2 Å². The topological polar surface area (TPSA) is 95.9 Å². The summed E-state index contributed by atoms with van der Waals surface area (Å²) in [7, 11) is 0. The van der Waals surface area contributed by atoms with Crippen LogP contribution >= 0.6 is 0 Å². The molecule has 0 aromatic heterocycles. The highest BCUT2D eigenvalue weighted by Gasteiger charge is 2.57. The number of alkyl carbamates (subject to hydrolysis) is 1. The van der Waals surface area contributed by atoms with Gasteiger partial charge in [-0.1, -0.05) is 62.4 Å². The molecule has 1 aliphatic heterocycles. The van der Waals surface area contributed by atoms with Gasteiger partial charge in [-0.25, -0.2) is 4.79 Å². The zero-order chi connectivity index (χ0) is 24.7. The van der Waals surface area contributed by atoms with Gasteiger partial charge >= 0.3 is 12.1 Å². The van der Waals surface area contributed by atoms with Gasteiger partial charge in [-0.2, -0.15) is 0 Å². The lowest BCUT2D eigenvalue weighted by molar-refractivity contribution is -0.139. The van der Waals surface area contributed by atoms with Crippen LogP contribution in [-0.2, 0) is 14.3 Å². The summed E-state index contributed by atoms with van der Waals surface area (Å²) in [6, 6.07) is 16.0. The van der Waals surface area contributed by atoms with E-state index < -0.39 is 12.1 Å². The van der Waals surface area contributed by atoms with E-state index >= 15 is 0 Å². The molecule has 0 radical (unpaired) electrons. The number of carbonyl (C=O) groups excluding carboxylic acids is 2. The summed E-state index contributed by atoms with van der Waals surface area (Å²) >= 11 is 0. The number of ether oxygens (including phenoxy) is 1. The van der Waals surface area contributed by atoms with Gasteiger partial charge in [0.05, 0.1) is 5.92 Å². The van der Waals surface area contributed by atoms with Crippen molar-refractivity contribution in [1.82, 2.24) is 10.2 Å². The monoisotopic (exact) mass is 476 g/mol. The average Bonchev–Trinajstić information content (AvgIpc) is 3.49. The fourth-order valence-corrected chi connectivity index (χ4v) is 5.89. The third kappa shape index (κ3) is 4.51. The van der Waals surface area contributed by atoms with Gasteiger partial charge in [0, 0.05) is 31.5 Å². The van der Waals surface area contributed by atoms with Crippen LogP contribution in [0.25, 0.3) is 11.1 Å². The molecule has 2 aromatic rings. The number of nitrogens with one attached hydrogen (secondary N) is 1. The van der Waals surface area contributed by atoms with E-state index in [1.807, 2.05) is 38.1 Å². The number of fused-ring (bicyclic) bond motifs is 4. The van der Waals surface area contributed by atoms with Crippen molar-refractivity contribution >= 4 is 18.0 Å². The second kappa shape index (κ2) is 9.36. The number of carboxylic acid groups (broad SMARTS) is 1. The molecular weight excluding hydrogens is 444 g/mol. The predicted molar refractivity (Wildman–Crippen MR) is 131 cm³/mol. The number of hydrogen-bond acceptors (Lipinski definition) is 4. The highest BCUT2D eigenvalue weighted by atomic mass is 16.5. The molecule has 1 saturated carbocycles. The second-order valence-electron chi connectivity index (χ2n) is 10.3. The molecule has 2 fully saturated rings. The maximum absolute atomic E-state index is 13.0. The Morgan fingerprint density at radius 1 is 1.03 bits per heavy atom. The SMILES string of the molecule is CC(C)[C@H](CC(=O)N1CC[C@@H]2C(C(=O)O)[C@@H]2C1)NC(=O)OCC1c2ccccc2-c2ccccc21. The molecule has 1 saturated heterocycles. The number of rotatable bonds is 7. The van der Waals surface area contributed by atoms with E-state index in [-0.39, 0.29) is 54.6 Å². The maximum atomic E-state index is 13.0. The maximum Gasteiger partial charge on any atom is 0.407 e. The first-order valence-electron chi connectivity index (χ1n) is 12.5. The van der Waals surface area contributed by atoms with Gasteiger partial charge in [0.2, 0.25) is 5.91 Å². The lowest BCUT2D eigenvalue weighted by Crippen LogP contribution is -2.45. The van der Waals surface area contributed by atoms with Crippen LogP contribution in [0.15, 0.2) is 48.5 Å². The van der Waals surface area contributed by atoms with Crippen molar-refractivity contribution in [2.45, 2.75) is 38.6 Å².